The highest BCUT2D eigenvalue weighted by Gasteiger charge is 1.99. The topological polar surface area (TPSA) is 29.5 Å². The van der Waals surface area contributed by atoms with Crippen LogP contribution >= 0.6 is 0 Å². The van der Waals surface area contributed by atoms with Crippen LogP contribution in [0.15, 0.2) is 18.2 Å². The second kappa shape index (κ2) is 3.59. The molecule has 12 heavy (non-hydrogen) atoms. The Bertz CT molecular complexity index is 267. The molecule has 1 aromatic rings. The van der Waals surface area contributed by atoms with Gasteiger partial charge in [0.1, 0.15) is 5.75 Å². The lowest BCUT2D eigenvalue weighted by Gasteiger charge is -2.09. The molecule has 0 saturated heterocycles. The Hall–Kier alpha value is -1.02. The predicted molar refractivity (Wildman–Crippen MR) is 48.2 cm³/mol. The van der Waals surface area contributed by atoms with Gasteiger partial charge in [0, 0.05) is 0 Å². The molecule has 0 aliphatic rings. The molecule has 0 radical (unpaired) electrons. The summed E-state index contributed by atoms with van der Waals surface area (Å²) in [6.45, 7) is 5.65. The molecule has 1 aromatic carbocycles. The van der Waals surface area contributed by atoms with Gasteiger partial charge < -0.3 is 9.84 Å². The lowest BCUT2D eigenvalue weighted by Crippen LogP contribution is -2.09. The molecule has 0 spiro atoms. The first-order valence-electron chi connectivity index (χ1n) is 4.01. The van der Waals surface area contributed by atoms with Crippen molar-refractivity contribution in [1.29, 1.82) is 0 Å². The maximum absolute atomic E-state index is 8.94. The van der Waals surface area contributed by atoms with Crippen molar-refractivity contribution in [3.63, 3.8) is 0 Å². The van der Waals surface area contributed by atoms with Gasteiger partial charge in [0.05, 0.1) is 0 Å². The third-order valence-electron chi connectivity index (χ3n) is 1.79. The molecule has 0 heterocycles. The largest absolute Gasteiger partial charge is 0.465 e. The SMILES string of the molecule is Cc1ccc(OC(C)O)cc1C. The zero-order chi connectivity index (χ0) is 9.14. The standard InChI is InChI=1S/C10H14O2/c1-7-4-5-10(6-8(7)2)12-9(3)11/h4-6,9,11H,1-3H3. The van der Waals surface area contributed by atoms with Crippen LogP contribution in [0.25, 0.3) is 0 Å². The maximum atomic E-state index is 8.94. The van der Waals surface area contributed by atoms with Gasteiger partial charge in [-0.3, -0.25) is 0 Å². The van der Waals surface area contributed by atoms with E-state index in [1.165, 1.54) is 11.1 Å². The summed E-state index contributed by atoms with van der Waals surface area (Å²) in [6.07, 6.45) is -0.743. The van der Waals surface area contributed by atoms with E-state index in [4.69, 9.17) is 9.84 Å². The van der Waals surface area contributed by atoms with Crippen molar-refractivity contribution in [3.05, 3.63) is 29.3 Å². The molecule has 0 saturated carbocycles. The number of hydrogen-bond acceptors (Lipinski definition) is 2. The predicted octanol–water partition coefficient (Wildman–Crippen LogP) is 2.02. The van der Waals surface area contributed by atoms with Crippen LogP contribution in [0.2, 0.25) is 0 Å². The summed E-state index contributed by atoms with van der Waals surface area (Å²) in [5, 5.41) is 8.94. The normalized spacial score (nSPS) is 12.7. The van der Waals surface area contributed by atoms with Crippen LogP contribution in [-0.2, 0) is 0 Å². The molecular weight excluding hydrogens is 152 g/mol. The summed E-state index contributed by atoms with van der Waals surface area (Å²) in [5.41, 5.74) is 2.40. The first-order chi connectivity index (χ1) is 5.59. The van der Waals surface area contributed by atoms with Gasteiger partial charge in [-0.1, -0.05) is 6.07 Å². The highest BCUT2D eigenvalue weighted by Crippen LogP contribution is 2.16. The van der Waals surface area contributed by atoms with Crippen molar-refractivity contribution in [2.45, 2.75) is 27.1 Å². The van der Waals surface area contributed by atoms with Crippen LogP contribution in [0.4, 0.5) is 0 Å². The van der Waals surface area contributed by atoms with E-state index in [1.807, 2.05) is 32.0 Å². The van der Waals surface area contributed by atoms with Crippen molar-refractivity contribution >= 4 is 0 Å². The number of rotatable bonds is 2. The highest BCUT2D eigenvalue weighted by atomic mass is 16.6. The third kappa shape index (κ3) is 2.24. The number of aryl methyl sites for hydroxylation is 2. The summed E-state index contributed by atoms with van der Waals surface area (Å²) in [7, 11) is 0. The van der Waals surface area contributed by atoms with Crippen molar-refractivity contribution in [2.75, 3.05) is 0 Å². The Balaban J connectivity index is 2.82. The van der Waals surface area contributed by atoms with Gasteiger partial charge in [0.15, 0.2) is 6.29 Å². The van der Waals surface area contributed by atoms with Crippen LogP contribution in [0.5, 0.6) is 5.75 Å². The quantitative estimate of drug-likeness (QED) is 0.681. The van der Waals surface area contributed by atoms with Crippen molar-refractivity contribution in [1.82, 2.24) is 0 Å². The van der Waals surface area contributed by atoms with E-state index in [9.17, 15) is 0 Å². The lowest BCUT2D eigenvalue weighted by atomic mass is 10.1. The molecule has 0 bridgehead atoms. The van der Waals surface area contributed by atoms with E-state index in [-0.39, 0.29) is 0 Å². The average molecular weight is 166 g/mol. The fourth-order valence-electron chi connectivity index (χ4n) is 0.984. The summed E-state index contributed by atoms with van der Waals surface area (Å²) in [4.78, 5) is 0. The molecule has 0 amide bonds. The lowest BCUT2D eigenvalue weighted by molar-refractivity contribution is -0.000330. The molecule has 1 rings (SSSR count). The summed E-state index contributed by atoms with van der Waals surface area (Å²) in [5.74, 6) is 0.716. The number of aliphatic hydroxyl groups excluding tert-OH is 1. The molecule has 0 fully saturated rings. The Morgan fingerprint density at radius 1 is 1.25 bits per heavy atom. The minimum atomic E-state index is -0.743. The minimum Gasteiger partial charge on any atom is -0.465 e. The van der Waals surface area contributed by atoms with Gasteiger partial charge in [-0.05, 0) is 44.0 Å². The van der Waals surface area contributed by atoms with Gasteiger partial charge in [-0.25, -0.2) is 0 Å². The number of ether oxygens (including phenoxy) is 1. The maximum Gasteiger partial charge on any atom is 0.194 e. The van der Waals surface area contributed by atoms with Gasteiger partial charge in [-0.15, -0.1) is 0 Å². The Labute approximate surface area is 72.8 Å². The molecule has 2 heteroatoms. The number of aliphatic hydroxyl groups is 1. The second-order valence-corrected chi connectivity index (χ2v) is 2.96. The summed E-state index contributed by atoms with van der Waals surface area (Å²) in [6, 6.07) is 5.75. The first-order valence-corrected chi connectivity index (χ1v) is 4.01. The Kier molecular flexibility index (Phi) is 2.71. The van der Waals surface area contributed by atoms with Gasteiger partial charge in [-0.2, -0.15) is 0 Å². The van der Waals surface area contributed by atoms with Crippen LogP contribution in [-0.4, -0.2) is 11.4 Å². The molecule has 2 nitrogen and oxygen atoms in total. The number of hydrogen-bond donors (Lipinski definition) is 1. The van der Waals surface area contributed by atoms with E-state index in [0.29, 0.717) is 5.75 Å². The zero-order valence-electron chi connectivity index (χ0n) is 7.66. The van der Waals surface area contributed by atoms with E-state index in [2.05, 4.69) is 0 Å². The van der Waals surface area contributed by atoms with Crippen molar-refractivity contribution < 1.29 is 9.84 Å². The second-order valence-electron chi connectivity index (χ2n) is 2.96. The molecule has 1 N–H and O–H groups in total. The van der Waals surface area contributed by atoms with Gasteiger partial charge in [0.25, 0.3) is 0 Å². The van der Waals surface area contributed by atoms with E-state index < -0.39 is 6.29 Å². The van der Waals surface area contributed by atoms with E-state index >= 15 is 0 Å². The van der Waals surface area contributed by atoms with Gasteiger partial charge in [0.2, 0.25) is 0 Å². The molecule has 1 atom stereocenters. The monoisotopic (exact) mass is 166 g/mol. The van der Waals surface area contributed by atoms with E-state index in [0.717, 1.165) is 0 Å². The molecule has 0 aliphatic carbocycles. The van der Waals surface area contributed by atoms with Crippen LogP contribution in [0.3, 0.4) is 0 Å². The smallest absolute Gasteiger partial charge is 0.194 e. The minimum absolute atomic E-state index is 0.716. The number of benzene rings is 1. The first kappa shape index (κ1) is 9.07. The molecule has 0 aliphatic heterocycles. The highest BCUT2D eigenvalue weighted by molar-refractivity contribution is 5.33. The Morgan fingerprint density at radius 2 is 1.92 bits per heavy atom. The Morgan fingerprint density at radius 3 is 2.42 bits per heavy atom. The molecule has 66 valence electrons. The van der Waals surface area contributed by atoms with Crippen LogP contribution in [0.1, 0.15) is 18.1 Å². The van der Waals surface area contributed by atoms with Crippen molar-refractivity contribution in [2.24, 2.45) is 0 Å². The van der Waals surface area contributed by atoms with Crippen LogP contribution in [0, 0.1) is 13.8 Å². The van der Waals surface area contributed by atoms with E-state index in [1.54, 1.807) is 6.92 Å². The molecule has 1 unspecified atom stereocenters. The summed E-state index contributed by atoms with van der Waals surface area (Å²) < 4.78 is 5.11. The zero-order valence-corrected chi connectivity index (χ0v) is 7.66. The summed E-state index contributed by atoms with van der Waals surface area (Å²) >= 11 is 0. The molecular formula is C10H14O2. The van der Waals surface area contributed by atoms with Crippen LogP contribution < -0.4 is 4.74 Å². The fraction of sp³-hybridized carbons (Fsp3) is 0.400. The van der Waals surface area contributed by atoms with Gasteiger partial charge >= 0.3 is 0 Å². The van der Waals surface area contributed by atoms with Crippen molar-refractivity contribution in [3.8, 4) is 5.75 Å². The fourth-order valence-corrected chi connectivity index (χ4v) is 0.984. The molecule has 0 aromatic heterocycles. The average Bonchev–Trinajstić information content (AvgIpc) is 1.96. The third-order valence-corrected chi connectivity index (χ3v) is 1.79.